The van der Waals surface area contributed by atoms with Gasteiger partial charge in [-0.15, -0.1) is 3.89 Å². The molecule has 31 heavy (non-hydrogen) atoms. The first-order valence-corrected chi connectivity index (χ1v) is 10.8. The van der Waals surface area contributed by atoms with Crippen molar-refractivity contribution in [3.63, 3.8) is 0 Å². The van der Waals surface area contributed by atoms with E-state index in [0.717, 1.165) is 12.1 Å². The molecule has 0 amide bonds. The molecule has 1 aromatic heterocycles. The molecule has 0 radical (unpaired) electrons. The standard InChI is InChI=1S/C23H17F4NO2S/c24-23(25,26)14-19(15-7-2-1-3-8-15)21-18-11-4-5-12-20(18)28-22(21)16-9-6-10-17(13-16)31(27,29)30/h1-13,19,28H,14H2. The summed E-state index contributed by atoms with van der Waals surface area (Å²) in [5, 5.41) is 0.587. The van der Waals surface area contributed by atoms with Crippen molar-refractivity contribution in [1.29, 1.82) is 0 Å². The van der Waals surface area contributed by atoms with Gasteiger partial charge in [-0.05, 0) is 34.9 Å². The number of rotatable bonds is 5. The number of H-pyrrole nitrogens is 1. The predicted molar refractivity (Wildman–Crippen MR) is 111 cm³/mol. The molecule has 1 heterocycles. The van der Waals surface area contributed by atoms with E-state index in [-0.39, 0.29) is 5.56 Å². The van der Waals surface area contributed by atoms with Crippen molar-refractivity contribution in [1.82, 2.24) is 4.98 Å². The van der Waals surface area contributed by atoms with Crippen molar-refractivity contribution in [2.45, 2.75) is 23.4 Å². The smallest absolute Gasteiger partial charge is 0.354 e. The van der Waals surface area contributed by atoms with Crippen LogP contribution in [0.3, 0.4) is 0 Å². The van der Waals surface area contributed by atoms with Crippen LogP contribution in [0.15, 0.2) is 83.8 Å². The van der Waals surface area contributed by atoms with Crippen molar-refractivity contribution in [3.05, 3.63) is 90.0 Å². The van der Waals surface area contributed by atoms with E-state index in [4.69, 9.17) is 0 Å². The number of benzene rings is 3. The lowest BCUT2D eigenvalue weighted by molar-refractivity contribution is -0.136. The van der Waals surface area contributed by atoms with Gasteiger partial charge in [0.2, 0.25) is 0 Å². The second kappa shape index (κ2) is 7.85. The number of hydrogen-bond acceptors (Lipinski definition) is 2. The molecule has 3 aromatic carbocycles. The molecule has 0 fully saturated rings. The Balaban J connectivity index is 2.01. The molecule has 0 bridgehead atoms. The third-order valence-corrected chi connectivity index (χ3v) is 5.95. The van der Waals surface area contributed by atoms with Gasteiger partial charge in [-0.2, -0.15) is 21.6 Å². The second-order valence-electron chi connectivity index (χ2n) is 7.21. The molecule has 160 valence electrons. The Morgan fingerprint density at radius 1 is 0.871 bits per heavy atom. The Morgan fingerprint density at radius 2 is 1.55 bits per heavy atom. The maximum absolute atomic E-state index is 13.6. The number of hydrogen-bond donors (Lipinski definition) is 1. The quantitative estimate of drug-likeness (QED) is 0.278. The largest absolute Gasteiger partial charge is 0.390 e. The van der Waals surface area contributed by atoms with E-state index < -0.39 is 33.6 Å². The van der Waals surface area contributed by atoms with Crippen molar-refractivity contribution in [2.75, 3.05) is 0 Å². The molecular formula is C23H17F4NO2S. The minimum Gasteiger partial charge on any atom is -0.354 e. The average molecular weight is 447 g/mol. The van der Waals surface area contributed by atoms with Crippen LogP contribution in [0.1, 0.15) is 23.5 Å². The number of aromatic amines is 1. The van der Waals surface area contributed by atoms with E-state index in [1.165, 1.54) is 6.07 Å². The van der Waals surface area contributed by atoms with Gasteiger partial charge in [-0.1, -0.05) is 60.7 Å². The van der Waals surface area contributed by atoms with Crippen molar-refractivity contribution < 1.29 is 25.5 Å². The Labute approximate surface area is 176 Å². The van der Waals surface area contributed by atoms with Gasteiger partial charge in [0.1, 0.15) is 0 Å². The number of aromatic nitrogens is 1. The summed E-state index contributed by atoms with van der Waals surface area (Å²) in [6.07, 6.45) is -5.55. The van der Waals surface area contributed by atoms with Crippen LogP contribution >= 0.6 is 0 Å². The van der Waals surface area contributed by atoms with Crippen LogP contribution < -0.4 is 0 Å². The minimum atomic E-state index is -4.97. The molecule has 0 saturated heterocycles. The first kappa shape index (κ1) is 21.1. The monoisotopic (exact) mass is 447 g/mol. The Morgan fingerprint density at radius 3 is 2.23 bits per heavy atom. The molecule has 0 aliphatic heterocycles. The minimum absolute atomic E-state index is 0.285. The van der Waals surface area contributed by atoms with Crippen molar-refractivity contribution in [3.8, 4) is 11.3 Å². The van der Waals surface area contributed by atoms with Crippen LogP contribution in [0.5, 0.6) is 0 Å². The number of alkyl halides is 3. The van der Waals surface area contributed by atoms with Crippen LogP contribution in [-0.2, 0) is 10.2 Å². The van der Waals surface area contributed by atoms with Crippen LogP contribution in [0.2, 0.25) is 0 Å². The summed E-state index contributed by atoms with van der Waals surface area (Å²) in [6.45, 7) is 0. The van der Waals surface area contributed by atoms with Gasteiger partial charge in [-0.3, -0.25) is 0 Å². The molecule has 3 nitrogen and oxygen atoms in total. The Hall–Kier alpha value is -3.13. The normalized spacial score (nSPS) is 13.4. The third kappa shape index (κ3) is 4.49. The van der Waals surface area contributed by atoms with E-state index in [2.05, 4.69) is 4.98 Å². The summed E-state index contributed by atoms with van der Waals surface area (Å²) < 4.78 is 77.2. The maximum atomic E-state index is 13.6. The Kier molecular flexibility index (Phi) is 5.35. The van der Waals surface area contributed by atoms with Crippen LogP contribution in [0.4, 0.5) is 17.1 Å². The van der Waals surface area contributed by atoms with Crippen molar-refractivity contribution >= 4 is 21.1 Å². The van der Waals surface area contributed by atoms with Crippen molar-refractivity contribution in [2.24, 2.45) is 0 Å². The zero-order valence-electron chi connectivity index (χ0n) is 16.0. The lowest BCUT2D eigenvalue weighted by Crippen LogP contribution is -2.15. The summed E-state index contributed by atoms with van der Waals surface area (Å²) in [5.41, 5.74) is 2.06. The number of fused-ring (bicyclic) bond motifs is 1. The molecule has 0 aliphatic carbocycles. The van der Waals surface area contributed by atoms with Crippen LogP contribution in [-0.4, -0.2) is 19.6 Å². The van der Waals surface area contributed by atoms with Gasteiger partial charge in [-0.25, -0.2) is 0 Å². The molecule has 0 saturated carbocycles. The highest BCUT2D eigenvalue weighted by Gasteiger charge is 2.36. The molecule has 8 heteroatoms. The van der Waals surface area contributed by atoms with Gasteiger partial charge in [0.15, 0.2) is 0 Å². The summed E-state index contributed by atoms with van der Waals surface area (Å²) in [5.74, 6) is -1.04. The molecular weight excluding hydrogens is 430 g/mol. The van der Waals surface area contributed by atoms with Gasteiger partial charge in [0.25, 0.3) is 0 Å². The van der Waals surface area contributed by atoms with Crippen LogP contribution in [0, 0.1) is 0 Å². The number of para-hydroxylation sites is 1. The highest BCUT2D eigenvalue weighted by Crippen LogP contribution is 2.44. The summed E-state index contributed by atoms with van der Waals surface area (Å²) in [4.78, 5) is 2.56. The molecule has 0 aliphatic rings. The fourth-order valence-electron chi connectivity index (χ4n) is 3.86. The predicted octanol–water partition coefficient (Wildman–Crippen LogP) is 6.58. The first-order valence-electron chi connectivity index (χ1n) is 9.41. The molecule has 4 aromatic rings. The highest BCUT2D eigenvalue weighted by molar-refractivity contribution is 7.86. The average Bonchev–Trinajstić information content (AvgIpc) is 3.11. The van der Waals surface area contributed by atoms with E-state index in [0.29, 0.717) is 27.7 Å². The summed E-state index contributed by atoms with van der Waals surface area (Å²) in [6, 6.07) is 20.4. The third-order valence-electron chi connectivity index (χ3n) is 5.14. The summed E-state index contributed by atoms with van der Waals surface area (Å²) in [7, 11) is -4.97. The topological polar surface area (TPSA) is 49.9 Å². The Bertz CT molecular complexity index is 1330. The second-order valence-corrected chi connectivity index (χ2v) is 8.55. The maximum Gasteiger partial charge on any atom is 0.390 e. The molecule has 1 atom stereocenters. The highest BCUT2D eigenvalue weighted by atomic mass is 32.3. The first-order chi connectivity index (χ1) is 14.6. The number of nitrogens with one attached hydrogen (secondary N) is 1. The zero-order chi connectivity index (χ0) is 22.2. The van der Waals surface area contributed by atoms with E-state index in [9.17, 15) is 25.5 Å². The van der Waals surface area contributed by atoms with Gasteiger partial charge >= 0.3 is 16.4 Å². The number of halogens is 4. The molecule has 0 spiro atoms. The lowest BCUT2D eigenvalue weighted by atomic mass is 9.85. The fourth-order valence-corrected chi connectivity index (χ4v) is 4.37. The van der Waals surface area contributed by atoms with E-state index in [1.54, 1.807) is 60.7 Å². The molecule has 1 N–H and O–H groups in total. The summed E-state index contributed by atoms with van der Waals surface area (Å²) >= 11 is 0. The van der Waals surface area contributed by atoms with Gasteiger partial charge < -0.3 is 4.98 Å². The SMILES string of the molecule is O=S(=O)(F)c1cccc(-c2[nH]c3ccccc3c2C(CC(F)(F)F)c2ccccc2)c1. The zero-order valence-corrected chi connectivity index (χ0v) is 16.8. The fraction of sp³-hybridized carbons (Fsp3) is 0.130. The lowest BCUT2D eigenvalue weighted by Gasteiger charge is -2.21. The van der Waals surface area contributed by atoms with Gasteiger partial charge in [0, 0.05) is 16.8 Å². The van der Waals surface area contributed by atoms with Crippen LogP contribution in [0.25, 0.3) is 22.2 Å². The van der Waals surface area contributed by atoms with E-state index >= 15 is 0 Å². The molecule has 4 rings (SSSR count). The van der Waals surface area contributed by atoms with E-state index in [1.807, 2.05) is 0 Å². The molecule has 1 unspecified atom stereocenters. The van der Waals surface area contributed by atoms with Gasteiger partial charge in [0.05, 0.1) is 17.0 Å².